The van der Waals surface area contributed by atoms with Crippen LogP contribution in [0.3, 0.4) is 0 Å². The van der Waals surface area contributed by atoms with Gasteiger partial charge in [0.15, 0.2) is 0 Å². The van der Waals surface area contributed by atoms with E-state index in [1.807, 2.05) is 0 Å². The molecule has 0 radical (unpaired) electrons. The van der Waals surface area contributed by atoms with Crippen LogP contribution >= 0.6 is 11.3 Å². The summed E-state index contributed by atoms with van der Waals surface area (Å²) in [5.41, 5.74) is 23.3. The number of para-hydroxylation sites is 3. The van der Waals surface area contributed by atoms with Crippen molar-refractivity contribution in [3.63, 3.8) is 0 Å². The summed E-state index contributed by atoms with van der Waals surface area (Å²) in [5.74, 6) is 1.09. The minimum atomic E-state index is 0.952. The molecule has 2 aliphatic carbocycles. The Balaban J connectivity index is 0.772. The van der Waals surface area contributed by atoms with Crippen LogP contribution in [0.1, 0.15) is 30.6 Å². The number of aromatic nitrogens is 3. The lowest BCUT2D eigenvalue weighted by atomic mass is 9.95. The maximum absolute atomic E-state index is 6.25. The maximum atomic E-state index is 6.25. The molecule has 0 saturated carbocycles. The molecule has 0 saturated heterocycles. The first-order valence-corrected chi connectivity index (χ1v) is 27.9. The van der Waals surface area contributed by atoms with Gasteiger partial charge in [0.2, 0.25) is 0 Å². The molecule has 4 aromatic heterocycles. The predicted molar refractivity (Wildman–Crippen MR) is 329 cm³/mol. The summed E-state index contributed by atoms with van der Waals surface area (Å²) in [5, 5.41) is 7.21. The zero-order valence-electron chi connectivity index (χ0n) is 42.7. The highest BCUT2D eigenvalue weighted by molar-refractivity contribution is 7.22. The minimum Gasteiger partial charge on any atom is -0.460 e. The largest absolute Gasteiger partial charge is 0.460 e. The zero-order valence-corrected chi connectivity index (χ0v) is 43.5. The summed E-state index contributed by atoms with van der Waals surface area (Å²) in [4.78, 5) is 5.54. The molecule has 14 aromatic rings. The molecule has 4 heterocycles. The standard InChI is InChI=1S/C73H49N3OS/c1-3-13-55(14-4-1)75-65-20-10-7-17-59(65)62-43-52(35-40-67(62)75)46-23-29-49(30-24-46)57-38-39-58(50-31-25-47(26-32-50)53-36-41-68-63(44-53)60-18-8-11-21-66(60)76(68)56-15-5-2-6-16-56)72-71(57)74-73(78-72)51-33-27-48(28-34-51)54-37-42-70-64(45-54)61-19-9-12-22-69(61)77-70/h2-3,5-11,13-21,23-45H,1,4,12,22H2. The average molecular weight is 1020 g/mol. The predicted octanol–water partition coefficient (Wildman–Crippen LogP) is 20.4. The number of benzene rings is 10. The summed E-state index contributed by atoms with van der Waals surface area (Å²) in [7, 11) is 0. The Morgan fingerprint density at radius 3 is 1.59 bits per heavy atom. The van der Waals surface area contributed by atoms with Gasteiger partial charge in [-0.3, -0.25) is 0 Å². The molecule has 78 heavy (non-hydrogen) atoms. The van der Waals surface area contributed by atoms with Crippen LogP contribution in [0, 0.1) is 0 Å². The first-order valence-electron chi connectivity index (χ1n) is 27.1. The fourth-order valence-corrected chi connectivity index (χ4v) is 13.5. The van der Waals surface area contributed by atoms with Crippen molar-refractivity contribution in [3.8, 4) is 71.9 Å². The van der Waals surface area contributed by atoms with Crippen molar-refractivity contribution in [2.24, 2.45) is 0 Å². The lowest BCUT2D eigenvalue weighted by Crippen LogP contribution is -1.96. The van der Waals surface area contributed by atoms with Crippen LogP contribution in [-0.2, 0) is 6.42 Å². The summed E-state index contributed by atoms with van der Waals surface area (Å²) in [6, 6.07) is 80.3. The Bertz CT molecular complexity index is 4810. The third-order valence-corrected chi connectivity index (χ3v) is 17.4. The fraction of sp³-hybridized carbons (Fsp3) is 0.0548. The molecular formula is C73H49N3OS. The van der Waals surface area contributed by atoms with E-state index in [0.717, 1.165) is 75.5 Å². The van der Waals surface area contributed by atoms with Crippen LogP contribution in [0.2, 0.25) is 0 Å². The second-order valence-corrected chi connectivity index (χ2v) is 21.8. The normalized spacial score (nSPS) is 13.4. The second-order valence-electron chi connectivity index (χ2n) is 20.8. The van der Waals surface area contributed by atoms with E-state index in [0.29, 0.717) is 0 Å². The SMILES string of the molecule is C1=CC(n2c3ccccc3c3cc(-c4ccc(-c5ccc(-c6ccc(-c7ccc8c(c7)c7ccccc7n8-c7ccccc7)cc6)c6sc(-c7ccc(-c8ccc9oc%10c(c9c8)C=CCC%10)cc7)nc56)cc4)ccc32)=CCC1. The number of furan rings is 1. The molecule has 10 aromatic carbocycles. The van der Waals surface area contributed by atoms with E-state index < -0.39 is 0 Å². The Morgan fingerprint density at radius 2 is 0.923 bits per heavy atom. The van der Waals surface area contributed by atoms with Crippen LogP contribution in [0.4, 0.5) is 0 Å². The molecule has 368 valence electrons. The molecule has 0 N–H and O–H groups in total. The monoisotopic (exact) mass is 1020 g/mol. The van der Waals surface area contributed by atoms with Gasteiger partial charge in [-0.1, -0.05) is 182 Å². The molecule has 0 fully saturated rings. The lowest BCUT2D eigenvalue weighted by Gasteiger charge is -2.12. The van der Waals surface area contributed by atoms with Gasteiger partial charge in [0, 0.05) is 67.0 Å². The highest BCUT2D eigenvalue weighted by atomic mass is 32.1. The quantitative estimate of drug-likeness (QED) is 0.152. The van der Waals surface area contributed by atoms with Gasteiger partial charge in [0.25, 0.3) is 0 Å². The van der Waals surface area contributed by atoms with Gasteiger partial charge < -0.3 is 13.6 Å². The highest BCUT2D eigenvalue weighted by Gasteiger charge is 2.20. The van der Waals surface area contributed by atoms with Gasteiger partial charge in [0.05, 0.1) is 32.3 Å². The fourth-order valence-electron chi connectivity index (χ4n) is 12.4. The van der Waals surface area contributed by atoms with Crippen molar-refractivity contribution in [1.29, 1.82) is 0 Å². The number of thiazole rings is 1. The number of aryl methyl sites for hydroxylation is 1. The highest BCUT2D eigenvalue weighted by Crippen LogP contribution is 2.44. The van der Waals surface area contributed by atoms with E-state index in [9.17, 15) is 0 Å². The lowest BCUT2D eigenvalue weighted by molar-refractivity contribution is 0.546. The Kier molecular flexibility index (Phi) is 10.3. The van der Waals surface area contributed by atoms with Crippen LogP contribution in [0.5, 0.6) is 0 Å². The first-order chi connectivity index (χ1) is 38.6. The summed E-state index contributed by atoms with van der Waals surface area (Å²) < 4.78 is 12.2. The van der Waals surface area contributed by atoms with E-state index in [-0.39, 0.29) is 0 Å². The van der Waals surface area contributed by atoms with Gasteiger partial charge in [-0.25, -0.2) is 4.98 Å². The molecule has 5 heteroatoms. The van der Waals surface area contributed by atoms with Crippen molar-refractivity contribution >= 4 is 87.9 Å². The number of hydrogen-bond acceptors (Lipinski definition) is 3. The smallest absolute Gasteiger partial charge is 0.134 e. The zero-order chi connectivity index (χ0) is 51.3. The van der Waals surface area contributed by atoms with Crippen LogP contribution in [0.25, 0.3) is 148 Å². The third-order valence-electron chi connectivity index (χ3n) is 16.3. The van der Waals surface area contributed by atoms with Crippen molar-refractivity contribution in [2.75, 3.05) is 0 Å². The van der Waals surface area contributed by atoms with Gasteiger partial charge in [-0.2, -0.15) is 0 Å². The number of rotatable bonds is 8. The van der Waals surface area contributed by atoms with Gasteiger partial charge in [0.1, 0.15) is 16.4 Å². The molecule has 0 aliphatic heterocycles. The van der Waals surface area contributed by atoms with Gasteiger partial charge >= 0.3 is 0 Å². The van der Waals surface area contributed by atoms with Crippen LogP contribution < -0.4 is 0 Å². The summed E-state index contributed by atoms with van der Waals surface area (Å²) >= 11 is 1.77. The van der Waals surface area contributed by atoms with Crippen molar-refractivity contribution in [3.05, 3.63) is 254 Å². The summed E-state index contributed by atoms with van der Waals surface area (Å²) in [6.07, 6.45) is 15.5. The number of fused-ring (bicyclic) bond motifs is 10. The molecular weight excluding hydrogens is 967 g/mol. The molecule has 0 bridgehead atoms. The molecule has 0 atom stereocenters. The van der Waals surface area contributed by atoms with Crippen molar-refractivity contribution < 1.29 is 4.42 Å². The van der Waals surface area contributed by atoms with Crippen LogP contribution in [-0.4, -0.2) is 14.1 Å². The van der Waals surface area contributed by atoms with E-state index in [1.165, 1.54) is 104 Å². The van der Waals surface area contributed by atoms with E-state index in [2.05, 4.69) is 258 Å². The van der Waals surface area contributed by atoms with E-state index in [1.54, 1.807) is 11.3 Å². The molecule has 16 rings (SSSR count). The van der Waals surface area contributed by atoms with Crippen molar-refractivity contribution in [2.45, 2.75) is 25.7 Å². The Labute approximate surface area is 455 Å². The first kappa shape index (κ1) is 44.7. The maximum Gasteiger partial charge on any atom is 0.134 e. The number of allylic oxidation sites excluding steroid dienone is 5. The topological polar surface area (TPSA) is 35.9 Å². The van der Waals surface area contributed by atoms with E-state index >= 15 is 0 Å². The van der Waals surface area contributed by atoms with Crippen molar-refractivity contribution in [1.82, 2.24) is 14.1 Å². The Morgan fingerprint density at radius 1 is 0.397 bits per heavy atom. The third kappa shape index (κ3) is 7.30. The molecule has 0 amide bonds. The molecule has 2 aliphatic rings. The van der Waals surface area contributed by atoms with Gasteiger partial charge in [-0.05, 0) is 131 Å². The molecule has 4 nitrogen and oxygen atoms in total. The van der Waals surface area contributed by atoms with Gasteiger partial charge in [-0.15, -0.1) is 11.3 Å². The average Bonchev–Trinajstić information content (AvgIpc) is 4.41. The number of nitrogens with zero attached hydrogens (tertiary/aromatic N) is 3. The Hall–Kier alpha value is -9.55. The minimum absolute atomic E-state index is 0.952. The summed E-state index contributed by atoms with van der Waals surface area (Å²) in [6.45, 7) is 0. The molecule has 0 spiro atoms. The van der Waals surface area contributed by atoms with Crippen LogP contribution in [0.15, 0.2) is 247 Å². The second kappa shape index (κ2) is 18.1. The van der Waals surface area contributed by atoms with E-state index in [4.69, 9.17) is 9.40 Å². The number of hydrogen-bond donors (Lipinski definition) is 0. The molecule has 0 unspecified atom stereocenters.